The van der Waals surface area contributed by atoms with E-state index in [9.17, 15) is 0 Å². The Bertz CT molecular complexity index is 1530. The number of fused-ring (bicyclic) bond motifs is 2. The van der Waals surface area contributed by atoms with Crippen molar-refractivity contribution < 1.29 is 20.1 Å². The fourth-order valence-corrected chi connectivity index (χ4v) is 13.5. The van der Waals surface area contributed by atoms with E-state index in [2.05, 4.69) is 111 Å². The number of rotatable bonds is 2. The van der Waals surface area contributed by atoms with E-state index in [1.54, 1.807) is 9.65 Å². The maximum absolute atomic E-state index is 4.58. The topological polar surface area (TPSA) is 25.8 Å². The molecule has 0 aliphatic carbocycles. The number of pyridine rings is 2. The van der Waals surface area contributed by atoms with Crippen molar-refractivity contribution in [3.63, 3.8) is 0 Å². The van der Waals surface area contributed by atoms with Gasteiger partial charge in [0.1, 0.15) is 0 Å². The van der Waals surface area contributed by atoms with Crippen LogP contribution in [0.3, 0.4) is 0 Å². The maximum Gasteiger partial charge on any atom is 0.0160 e. The SMILES string of the molecule is C[Si]1(C)c2ccccc2[Se]c2cc[c-]c(-c3ccccn3)c21.Cc1[c-]c(-c2ccccn2)cc(C)c1C.[Ir]. The Morgan fingerprint density at radius 1 is 0.763 bits per heavy atom. The molecular formula is C33H30IrN2SeSi-2. The zero-order chi connectivity index (χ0) is 26.0. The quantitative estimate of drug-likeness (QED) is 0.191. The molecule has 6 rings (SSSR count). The van der Waals surface area contributed by atoms with Crippen molar-refractivity contribution in [1.82, 2.24) is 9.97 Å². The third-order valence-electron chi connectivity index (χ3n) is 7.06. The molecule has 3 heterocycles. The van der Waals surface area contributed by atoms with E-state index in [0.29, 0.717) is 15.0 Å². The second kappa shape index (κ2) is 12.0. The van der Waals surface area contributed by atoms with Gasteiger partial charge in [0.15, 0.2) is 0 Å². The van der Waals surface area contributed by atoms with Crippen LogP contribution in [0.25, 0.3) is 22.5 Å². The van der Waals surface area contributed by atoms with Crippen LogP contribution >= 0.6 is 0 Å². The van der Waals surface area contributed by atoms with Gasteiger partial charge >= 0.3 is 139 Å². The number of nitrogens with zero attached hydrogens (tertiary/aromatic N) is 2. The molecule has 0 unspecified atom stereocenters. The third kappa shape index (κ3) is 5.68. The summed E-state index contributed by atoms with van der Waals surface area (Å²) in [6, 6.07) is 34.4. The molecule has 0 amide bonds. The molecule has 0 saturated heterocycles. The number of hydrogen-bond donors (Lipinski definition) is 0. The summed E-state index contributed by atoms with van der Waals surface area (Å²) in [6.45, 7) is 11.3. The van der Waals surface area contributed by atoms with Gasteiger partial charge in [0, 0.05) is 26.3 Å². The normalized spacial score (nSPS) is 12.8. The maximum atomic E-state index is 4.58. The number of aryl methyl sites for hydroxylation is 2. The van der Waals surface area contributed by atoms with Gasteiger partial charge < -0.3 is 4.98 Å². The number of hydrogen-bond acceptors (Lipinski definition) is 2. The zero-order valence-corrected chi connectivity index (χ0v) is 27.4. The van der Waals surface area contributed by atoms with Crippen LogP contribution in [0.4, 0.5) is 0 Å². The molecule has 0 saturated carbocycles. The van der Waals surface area contributed by atoms with Crippen LogP contribution in [0.2, 0.25) is 13.1 Å². The Morgan fingerprint density at radius 3 is 2.08 bits per heavy atom. The van der Waals surface area contributed by atoms with Gasteiger partial charge in [-0.05, 0) is 11.8 Å². The van der Waals surface area contributed by atoms with E-state index in [4.69, 9.17) is 0 Å². The second-order valence-electron chi connectivity index (χ2n) is 9.86. The largest absolute Gasteiger partial charge is 0.305 e. The Labute approximate surface area is 247 Å². The van der Waals surface area contributed by atoms with Crippen molar-refractivity contribution in [3.05, 3.63) is 120 Å². The Morgan fingerprint density at radius 2 is 1.42 bits per heavy atom. The first-order valence-corrected chi connectivity index (χ1v) is 17.2. The van der Waals surface area contributed by atoms with E-state index in [1.165, 1.54) is 31.9 Å². The summed E-state index contributed by atoms with van der Waals surface area (Å²) < 4.78 is 3.07. The van der Waals surface area contributed by atoms with Gasteiger partial charge in [-0.15, -0.1) is 34.4 Å². The smallest absolute Gasteiger partial charge is 0.0160 e. The predicted molar refractivity (Wildman–Crippen MR) is 159 cm³/mol. The molecule has 5 heteroatoms. The van der Waals surface area contributed by atoms with E-state index in [0.717, 1.165) is 17.0 Å². The third-order valence-corrected chi connectivity index (χ3v) is 13.8. The van der Waals surface area contributed by atoms with Gasteiger partial charge in [-0.25, -0.2) is 0 Å². The summed E-state index contributed by atoms with van der Waals surface area (Å²) in [5, 5.41) is 3.12. The minimum atomic E-state index is -1.71. The van der Waals surface area contributed by atoms with Gasteiger partial charge in [0.25, 0.3) is 0 Å². The molecule has 1 radical (unpaired) electrons. The zero-order valence-electron chi connectivity index (χ0n) is 22.3. The Hall–Kier alpha value is -2.65. The summed E-state index contributed by atoms with van der Waals surface area (Å²) in [5.74, 6) is 0. The van der Waals surface area contributed by atoms with Crippen molar-refractivity contribution in [2.45, 2.75) is 33.9 Å². The average Bonchev–Trinajstić information content (AvgIpc) is 2.92. The van der Waals surface area contributed by atoms with E-state index >= 15 is 0 Å². The fraction of sp³-hybridized carbons (Fsp3) is 0.152. The van der Waals surface area contributed by atoms with Crippen molar-refractivity contribution in [2.75, 3.05) is 0 Å². The molecule has 5 aromatic rings. The van der Waals surface area contributed by atoms with Crippen LogP contribution in [0.1, 0.15) is 16.7 Å². The van der Waals surface area contributed by atoms with E-state index in [-0.39, 0.29) is 20.1 Å². The minimum absolute atomic E-state index is 0. The first-order valence-electron chi connectivity index (χ1n) is 12.5. The van der Waals surface area contributed by atoms with Gasteiger partial charge in [0.2, 0.25) is 0 Å². The second-order valence-corrected chi connectivity index (χ2v) is 16.4. The summed E-state index contributed by atoms with van der Waals surface area (Å²) in [4.78, 5) is 8.91. The summed E-state index contributed by atoms with van der Waals surface area (Å²) in [7, 11) is -1.71. The molecule has 3 aromatic carbocycles. The molecule has 2 nitrogen and oxygen atoms in total. The first kappa shape index (κ1) is 28.4. The molecule has 0 bridgehead atoms. The molecular weight excluding hydrogens is 724 g/mol. The number of aromatic nitrogens is 2. The molecule has 0 N–H and O–H groups in total. The predicted octanol–water partition coefficient (Wildman–Crippen LogP) is 4.81. The van der Waals surface area contributed by atoms with Crippen molar-refractivity contribution in [3.8, 4) is 22.5 Å². The minimum Gasteiger partial charge on any atom is -0.305 e. The standard InChI is InChI=1S/C19H16NSeSi.C14H14N.Ir/c1-22(2)18-12-4-3-10-16(18)21-17-11-7-8-14(19(17)22)15-9-5-6-13-20-15;1-10-8-13(9-11(2)12(10)3)14-6-4-5-7-15-14;/h3-7,9-13H,1-2H3;4-8H,1-3H3;/q2*-1;. The molecule has 1 aliphatic heterocycles. The molecule has 0 fully saturated rings. The van der Waals surface area contributed by atoms with Crippen molar-refractivity contribution in [2.24, 2.45) is 0 Å². The molecule has 0 spiro atoms. The molecule has 0 atom stereocenters. The van der Waals surface area contributed by atoms with Gasteiger partial charge in [-0.3, -0.25) is 0 Å². The molecule has 193 valence electrons. The summed E-state index contributed by atoms with van der Waals surface area (Å²) in [6.07, 6.45) is 3.69. The summed E-state index contributed by atoms with van der Waals surface area (Å²) >= 11 is 0.382. The van der Waals surface area contributed by atoms with Crippen LogP contribution in [0, 0.1) is 32.9 Å². The van der Waals surface area contributed by atoms with Crippen LogP contribution in [-0.2, 0) is 20.1 Å². The van der Waals surface area contributed by atoms with Gasteiger partial charge in [-0.2, -0.15) is 0 Å². The van der Waals surface area contributed by atoms with Crippen LogP contribution in [-0.4, -0.2) is 33.0 Å². The van der Waals surface area contributed by atoms with E-state index in [1.807, 2.05) is 36.7 Å². The van der Waals surface area contributed by atoms with Crippen molar-refractivity contribution in [1.29, 1.82) is 0 Å². The van der Waals surface area contributed by atoms with Crippen LogP contribution in [0.15, 0.2) is 91.3 Å². The summed E-state index contributed by atoms with van der Waals surface area (Å²) in [5.41, 5.74) is 8.15. The van der Waals surface area contributed by atoms with Crippen LogP contribution in [0.5, 0.6) is 0 Å². The Kier molecular flexibility index (Phi) is 8.98. The van der Waals surface area contributed by atoms with Gasteiger partial charge in [0.05, 0.1) is 0 Å². The van der Waals surface area contributed by atoms with Gasteiger partial charge in [-0.1, -0.05) is 32.9 Å². The van der Waals surface area contributed by atoms with Crippen molar-refractivity contribution >= 4 is 42.3 Å². The number of benzene rings is 3. The van der Waals surface area contributed by atoms with Crippen LogP contribution < -0.4 is 19.3 Å². The first-order chi connectivity index (χ1) is 17.9. The molecule has 1 aliphatic rings. The fourth-order valence-electron chi connectivity index (χ4n) is 4.84. The Balaban J connectivity index is 0.000000185. The molecule has 38 heavy (non-hydrogen) atoms. The molecule has 2 aromatic heterocycles. The average molecular weight is 754 g/mol. The monoisotopic (exact) mass is 755 g/mol. The van der Waals surface area contributed by atoms with E-state index < -0.39 is 8.07 Å².